The number of aliphatic imine (C=N–C) groups is 1. The zero-order valence-electron chi connectivity index (χ0n) is 10.2. The molecular formula is C6HN16+. The van der Waals surface area contributed by atoms with E-state index in [0.29, 0.717) is 0 Å². The Hall–Kier alpha value is -4.34. The second kappa shape index (κ2) is 4.97. The Balaban J connectivity index is 2.42. The van der Waals surface area contributed by atoms with Gasteiger partial charge in [-0.05, 0) is 21.3 Å². The van der Waals surface area contributed by atoms with Crippen LogP contribution in [0, 0.1) is 5.39 Å². The van der Waals surface area contributed by atoms with Crippen molar-refractivity contribution in [1.29, 1.82) is 5.39 Å². The number of nitrogens with one attached hydrogen (secondary N) is 1. The lowest BCUT2D eigenvalue weighted by atomic mass is 10.7. The molecule has 0 aromatic carbocycles. The SMILES string of the molecule is N#[N+]N=c1nc2n3c(nc(N=[N+]=[N-])nc3n1)NC(N=[N+]=[N-])=N2. The predicted molar refractivity (Wildman–Crippen MR) is 67.9 cm³/mol. The maximum absolute atomic E-state index is 8.47. The third-order valence-electron chi connectivity index (χ3n) is 2.25. The molecule has 0 amide bonds. The number of hydrogen-bond donors (Lipinski definition) is 1. The molecule has 104 valence electrons. The summed E-state index contributed by atoms with van der Waals surface area (Å²) in [5, 5.41) is 23.4. The van der Waals surface area contributed by atoms with Crippen molar-refractivity contribution in [2.45, 2.75) is 0 Å². The van der Waals surface area contributed by atoms with E-state index >= 15 is 0 Å². The van der Waals surface area contributed by atoms with E-state index in [0.717, 1.165) is 0 Å². The average Bonchev–Trinajstić information content (AvgIpc) is 2.47. The maximum Gasteiger partial charge on any atom is 0.344 e. The van der Waals surface area contributed by atoms with Gasteiger partial charge in [-0.25, -0.2) is 4.40 Å². The predicted octanol–water partition coefficient (Wildman–Crippen LogP) is 0.853. The number of rotatable bonds is 1. The van der Waals surface area contributed by atoms with Crippen LogP contribution >= 0.6 is 0 Å². The minimum atomic E-state index is -0.264. The Morgan fingerprint density at radius 3 is 2.64 bits per heavy atom. The summed E-state index contributed by atoms with van der Waals surface area (Å²) < 4.78 is 1.25. The van der Waals surface area contributed by atoms with Crippen molar-refractivity contribution < 1.29 is 0 Å². The molecule has 0 fully saturated rings. The first-order valence-electron chi connectivity index (χ1n) is 5.28. The second-order valence-corrected chi connectivity index (χ2v) is 3.43. The van der Waals surface area contributed by atoms with Crippen LogP contribution in [0.25, 0.3) is 31.7 Å². The molecule has 0 saturated carbocycles. The van der Waals surface area contributed by atoms with E-state index in [4.69, 9.17) is 16.5 Å². The molecule has 0 unspecified atom stereocenters. The highest BCUT2D eigenvalue weighted by Crippen LogP contribution is 2.21. The zero-order chi connectivity index (χ0) is 15.5. The normalized spacial score (nSPS) is 12.5. The van der Waals surface area contributed by atoms with Gasteiger partial charge in [0.05, 0.1) is 0 Å². The standard InChI is InChI=1S/C6HN16/c7-19-16-1-10-4-12-2(17-20-8)14-6-15-3(18-21-9)13-5(11-1)22(4)6/h(H,10,11,12,13,14,15,16)/q+1. The summed E-state index contributed by atoms with van der Waals surface area (Å²) in [5.74, 6) is -0.400. The molecule has 1 aliphatic rings. The summed E-state index contributed by atoms with van der Waals surface area (Å²) in [7, 11) is 0. The van der Waals surface area contributed by atoms with Crippen molar-refractivity contribution in [3.63, 3.8) is 0 Å². The summed E-state index contributed by atoms with van der Waals surface area (Å²) >= 11 is 0. The summed E-state index contributed by atoms with van der Waals surface area (Å²) in [6.45, 7) is 0. The lowest BCUT2D eigenvalue weighted by Gasteiger charge is -2.14. The third kappa shape index (κ3) is 2.04. The van der Waals surface area contributed by atoms with Gasteiger partial charge in [-0.15, -0.1) is 0 Å². The van der Waals surface area contributed by atoms with Gasteiger partial charge in [-0.3, -0.25) is 0 Å². The van der Waals surface area contributed by atoms with Crippen molar-refractivity contribution in [2.75, 3.05) is 5.32 Å². The first kappa shape index (κ1) is 12.7. The highest BCUT2D eigenvalue weighted by molar-refractivity contribution is 5.96. The number of guanidine groups is 1. The molecule has 2 aromatic heterocycles. The summed E-state index contributed by atoms with van der Waals surface area (Å²) in [5.41, 5.74) is 16.7. The largest absolute Gasteiger partial charge is 0.344 e. The van der Waals surface area contributed by atoms with E-state index in [1.165, 1.54) is 4.40 Å². The molecule has 1 N–H and O–H groups in total. The van der Waals surface area contributed by atoms with Gasteiger partial charge >= 0.3 is 10.7 Å². The molecule has 3 heterocycles. The van der Waals surface area contributed by atoms with Gasteiger partial charge in [0.25, 0.3) is 5.39 Å². The van der Waals surface area contributed by atoms with Gasteiger partial charge in [0.1, 0.15) is 0 Å². The molecule has 16 nitrogen and oxygen atoms in total. The number of nitrogens with zero attached hydrogens (tertiary/aromatic N) is 15. The molecule has 0 bridgehead atoms. The van der Waals surface area contributed by atoms with Crippen LogP contribution in [-0.4, -0.2) is 30.3 Å². The lowest BCUT2D eigenvalue weighted by molar-refractivity contribution is 0.868. The molecule has 0 atom stereocenters. The molecule has 2 aromatic rings. The van der Waals surface area contributed by atoms with Crippen LogP contribution in [0.5, 0.6) is 0 Å². The van der Waals surface area contributed by atoms with Gasteiger partial charge in [0.2, 0.25) is 34.7 Å². The smallest absolute Gasteiger partial charge is 0.308 e. The third-order valence-corrected chi connectivity index (χ3v) is 2.25. The Bertz CT molecular complexity index is 1020. The molecular weight excluding hydrogens is 296 g/mol. The van der Waals surface area contributed by atoms with Gasteiger partial charge in [0.15, 0.2) is 0 Å². The van der Waals surface area contributed by atoms with E-state index in [9.17, 15) is 0 Å². The average molecular weight is 297 g/mol. The maximum atomic E-state index is 8.47. The van der Waals surface area contributed by atoms with Gasteiger partial charge in [0, 0.05) is 9.82 Å². The molecule has 3 rings (SSSR count). The summed E-state index contributed by atoms with van der Waals surface area (Å²) in [6.07, 6.45) is 0. The van der Waals surface area contributed by atoms with Crippen LogP contribution in [0.3, 0.4) is 0 Å². The first-order valence-corrected chi connectivity index (χ1v) is 5.28. The van der Waals surface area contributed by atoms with Crippen molar-refractivity contribution in [3.8, 4) is 0 Å². The molecule has 1 aliphatic heterocycles. The highest BCUT2D eigenvalue weighted by Gasteiger charge is 2.19. The first-order chi connectivity index (χ1) is 10.7. The molecule has 0 spiro atoms. The number of azide groups is 2. The monoisotopic (exact) mass is 297 g/mol. The number of aromatic nitrogens is 5. The van der Waals surface area contributed by atoms with Gasteiger partial charge < -0.3 is 5.32 Å². The Kier molecular flexibility index (Phi) is 2.87. The van der Waals surface area contributed by atoms with E-state index in [-0.39, 0.29) is 35.2 Å². The molecule has 16 heteroatoms. The van der Waals surface area contributed by atoms with Crippen LogP contribution in [0.15, 0.2) is 20.3 Å². The molecule has 0 saturated heterocycles. The van der Waals surface area contributed by atoms with Crippen molar-refractivity contribution >= 4 is 29.6 Å². The topological polar surface area (TPSA) is 218 Å². The zero-order valence-corrected chi connectivity index (χ0v) is 10.2. The summed E-state index contributed by atoms with van der Waals surface area (Å²) in [4.78, 5) is 24.6. The Morgan fingerprint density at radius 1 is 1.09 bits per heavy atom. The fourth-order valence-electron chi connectivity index (χ4n) is 1.56. The van der Waals surface area contributed by atoms with Crippen molar-refractivity contribution in [3.05, 3.63) is 31.6 Å². The quantitative estimate of drug-likeness (QED) is 0.264. The summed E-state index contributed by atoms with van der Waals surface area (Å²) in [6, 6.07) is 0. The van der Waals surface area contributed by atoms with Crippen molar-refractivity contribution in [2.24, 2.45) is 20.3 Å². The fraction of sp³-hybridized carbons (Fsp3) is 0. The van der Waals surface area contributed by atoms with Crippen LogP contribution in [0.1, 0.15) is 0 Å². The highest BCUT2D eigenvalue weighted by atomic mass is 15.4. The van der Waals surface area contributed by atoms with E-state index in [1.807, 2.05) is 0 Å². The molecule has 0 radical (unpaired) electrons. The van der Waals surface area contributed by atoms with E-state index in [2.05, 4.69) is 60.5 Å². The second-order valence-electron chi connectivity index (χ2n) is 3.43. The van der Waals surface area contributed by atoms with Crippen LogP contribution in [-0.2, 0) is 0 Å². The Labute approximate surface area is 117 Å². The molecule has 22 heavy (non-hydrogen) atoms. The number of diazo groups is 1. The van der Waals surface area contributed by atoms with E-state index < -0.39 is 0 Å². The minimum absolute atomic E-state index is 0.0314. The minimum Gasteiger partial charge on any atom is -0.308 e. The van der Waals surface area contributed by atoms with Crippen LogP contribution < -0.4 is 10.9 Å². The molecule has 0 aliphatic carbocycles. The lowest BCUT2D eigenvalue weighted by Crippen LogP contribution is -2.24. The Morgan fingerprint density at radius 2 is 1.91 bits per heavy atom. The van der Waals surface area contributed by atoms with Crippen LogP contribution in [0.4, 0.5) is 17.8 Å². The van der Waals surface area contributed by atoms with Crippen molar-refractivity contribution in [1.82, 2.24) is 24.3 Å². The number of anilines is 1. The number of hydrogen-bond acceptors (Lipinski definition) is 10. The fourth-order valence-corrected chi connectivity index (χ4v) is 1.56. The van der Waals surface area contributed by atoms with Gasteiger partial charge in [-0.1, -0.05) is 0 Å². The van der Waals surface area contributed by atoms with E-state index in [1.54, 1.807) is 0 Å². The van der Waals surface area contributed by atoms with Gasteiger partial charge in [-0.2, -0.15) is 24.9 Å². The van der Waals surface area contributed by atoms with Crippen LogP contribution in [0.2, 0.25) is 0 Å².